The Morgan fingerprint density at radius 2 is 2.09 bits per heavy atom. The lowest BCUT2D eigenvalue weighted by molar-refractivity contribution is -0.122. The lowest BCUT2D eigenvalue weighted by Crippen LogP contribution is -2.28. The van der Waals surface area contributed by atoms with Crippen LogP contribution in [-0.4, -0.2) is 34.3 Å². The van der Waals surface area contributed by atoms with E-state index in [2.05, 4.69) is 10.3 Å². The van der Waals surface area contributed by atoms with E-state index in [1.54, 1.807) is 17.5 Å². The van der Waals surface area contributed by atoms with Gasteiger partial charge in [-0.2, -0.15) is 0 Å². The van der Waals surface area contributed by atoms with Crippen LogP contribution >= 0.6 is 11.3 Å². The fourth-order valence-electron chi connectivity index (χ4n) is 2.36. The van der Waals surface area contributed by atoms with Gasteiger partial charge in [0, 0.05) is 30.1 Å². The Hall–Kier alpha value is -2.12. The van der Waals surface area contributed by atoms with Crippen LogP contribution in [0.15, 0.2) is 23.6 Å². The van der Waals surface area contributed by atoms with Gasteiger partial charge in [0.25, 0.3) is 0 Å². The third-order valence-corrected chi connectivity index (χ3v) is 4.37. The van der Waals surface area contributed by atoms with Crippen molar-refractivity contribution in [3.8, 4) is 22.8 Å². The van der Waals surface area contributed by atoms with E-state index in [0.717, 1.165) is 12.8 Å². The van der Waals surface area contributed by atoms with Crippen molar-refractivity contribution in [3.05, 3.63) is 23.6 Å². The number of hydrogen-bond donors (Lipinski definition) is 3. The summed E-state index contributed by atoms with van der Waals surface area (Å²) in [5.74, 6) is -0.506. The number of aromatic hydroxyl groups is 2. The average molecular weight is 320 g/mol. The number of para-hydroxylation sites is 1. The third kappa shape index (κ3) is 3.05. The van der Waals surface area contributed by atoms with Crippen LogP contribution in [0.3, 0.4) is 0 Å². The van der Waals surface area contributed by atoms with Gasteiger partial charge in [-0.3, -0.25) is 4.79 Å². The summed E-state index contributed by atoms with van der Waals surface area (Å²) in [5, 5.41) is 24.4. The van der Waals surface area contributed by atoms with Gasteiger partial charge < -0.3 is 20.3 Å². The molecule has 6 nitrogen and oxygen atoms in total. The molecule has 0 unspecified atom stereocenters. The number of rotatable bonds is 3. The van der Waals surface area contributed by atoms with Gasteiger partial charge >= 0.3 is 0 Å². The van der Waals surface area contributed by atoms with Gasteiger partial charge in [-0.1, -0.05) is 6.07 Å². The van der Waals surface area contributed by atoms with E-state index in [-0.39, 0.29) is 23.3 Å². The number of phenols is 2. The molecule has 1 amide bonds. The van der Waals surface area contributed by atoms with E-state index in [0.29, 0.717) is 29.6 Å². The van der Waals surface area contributed by atoms with Crippen molar-refractivity contribution in [2.45, 2.75) is 12.8 Å². The van der Waals surface area contributed by atoms with Crippen molar-refractivity contribution < 1.29 is 19.7 Å². The van der Waals surface area contributed by atoms with E-state index in [1.807, 2.05) is 0 Å². The van der Waals surface area contributed by atoms with Crippen molar-refractivity contribution in [2.24, 2.45) is 5.92 Å². The molecule has 0 aliphatic carbocycles. The van der Waals surface area contributed by atoms with Crippen LogP contribution in [0.2, 0.25) is 0 Å². The molecule has 1 aromatic carbocycles. The first-order valence-electron chi connectivity index (χ1n) is 7.00. The van der Waals surface area contributed by atoms with Crippen molar-refractivity contribution in [1.29, 1.82) is 0 Å². The van der Waals surface area contributed by atoms with Gasteiger partial charge in [0.15, 0.2) is 16.6 Å². The predicted molar refractivity (Wildman–Crippen MR) is 83.1 cm³/mol. The molecule has 22 heavy (non-hydrogen) atoms. The first-order chi connectivity index (χ1) is 10.6. The number of ether oxygens (including phenoxy) is 1. The van der Waals surface area contributed by atoms with Crippen LogP contribution in [-0.2, 0) is 9.53 Å². The highest BCUT2D eigenvalue weighted by Gasteiger charge is 2.22. The summed E-state index contributed by atoms with van der Waals surface area (Å²) >= 11 is 1.28. The molecule has 3 N–H and O–H groups in total. The van der Waals surface area contributed by atoms with Gasteiger partial charge in [0.2, 0.25) is 5.91 Å². The van der Waals surface area contributed by atoms with Gasteiger partial charge in [0.1, 0.15) is 0 Å². The Balaban J connectivity index is 1.73. The van der Waals surface area contributed by atoms with Gasteiger partial charge in [-0.25, -0.2) is 4.98 Å². The molecular formula is C15H16N2O4S. The summed E-state index contributed by atoms with van der Waals surface area (Å²) in [6, 6.07) is 4.69. The fraction of sp³-hybridized carbons (Fsp3) is 0.333. The van der Waals surface area contributed by atoms with Crippen LogP contribution in [0.4, 0.5) is 5.13 Å². The molecule has 116 valence electrons. The number of carbonyl (C=O) groups is 1. The van der Waals surface area contributed by atoms with Gasteiger partial charge in [-0.15, -0.1) is 11.3 Å². The van der Waals surface area contributed by atoms with Gasteiger partial charge in [0.05, 0.1) is 5.69 Å². The fourth-order valence-corrected chi connectivity index (χ4v) is 3.07. The Morgan fingerprint density at radius 1 is 1.32 bits per heavy atom. The van der Waals surface area contributed by atoms with Crippen LogP contribution in [0.1, 0.15) is 12.8 Å². The molecule has 2 aromatic rings. The largest absolute Gasteiger partial charge is 0.504 e. The third-order valence-electron chi connectivity index (χ3n) is 3.62. The molecule has 0 radical (unpaired) electrons. The molecule has 2 heterocycles. The number of anilines is 1. The Morgan fingerprint density at radius 3 is 2.86 bits per heavy atom. The van der Waals surface area contributed by atoms with E-state index in [9.17, 15) is 15.0 Å². The topological polar surface area (TPSA) is 91.7 Å². The number of thiazole rings is 1. The molecule has 1 aliphatic rings. The van der Waals surface area contributed by atoms with Crippen molar-refractivity contribution >= 4 is 22.4 Å². The normalized spacial score (nSPS) is 15.6. The SMILES string of the molecule is O=C(Nc1nc(-c2cccc(O)c2O)cs1)C1CCOCC1. The second-order valence-corrected chi connectivity index (χ2v) is 5.95. The summed E-state index contributed by atoms with van der Waals surface area (Å²) in [6.45, 7) is 1.22. The number of hydrogen-bond acceptors (Lipinski definition) is 6. The number of nitrogens with one attached hydrogen (secondary N) is 1. The zero-order valence-electron chi connectivity index (χ0n) is 11.8. The molecule has 0 atom stereocenters. The molecular weight excluding hydrogens is 304 g/mol. The monoisotopic (exact) mass is 320 g/mol. The molecule has 1 fully saturated rings. The number of benzene rings is 1. The van der Waals surface area contributed by atoms with Crippen LogP contribution < -0.4 is 5.32 Å². The zero-order chi connectivity index (χ0) is 15.5. The summed E-state index contributed by atoms with van der Waals surface area (Å²) in [5.41, 5.74) is 0.948. The van der Waals surface area contributed by atoms with E-state index >= 15 is 0 Å². The van der Waals surface area contributed by atoms with Crippen LogP contribution in [0.5, 0.6) is 11.5 Å². The Labute approximate surface area is 131 Å². The number of phenolic OH excluding ortho intramolecular Hbond substituents is 2. The molecule has 0 bridgehead atoms. The highest BCUT2D eigenvalue weighted by Crippen LogP contribution is 2.37. The second kappa shape index (κ2) is 6.33. The zero-order valence-corrected chi connectivity index (χ0v) is 12.6. The number of amides is 1. The summed E-state index contributed by atoms with van der Waals surface area (Å²) in [7, 11) is 0. The minimum Gasteiger partial charge on any atom is -0.504 e. The second-order valence-electron chi connectivity index (χ2n) is 5.09. The standard InChI is InChI=1S/C15H16N2O4S/c18-12-3-1-2-10(13(12)19)11-8-22-15(16-11)17-14(20)9-4-6-21-7-5-9/h1-3,8-9,18-19H,4-7H2,(H,16,17,20). The summed E-state index contributed by atoms with van der Waals surface area (Å²) in [6.07, 6.45) is 1.44. The Kier molecular flexibility index (Phi) is 4.26. The van der Waals surface area contributed by atoms with E-state index in [4.69, 9.17) is 4.74 Å². The predicted octanol–water partition coefficient (Wildman–Crippen LogP) is 2.59. The maximum atomic E-state index is 12.1. The molecule has 7 heteroatoms. The highest BCUT2D eigenvalue weighted by molar-refractivity contribution is 7.14. The maximum absolute atomic E-state index is 12.1. The first-order valence-corrected chi connectivity index (χ1v) is 7.88. The number of carbonyl (C=O) groups excluding carboxylic acids is 1. The van der Waals surface area contributed by atoms with E-state index in [1.165, 1.54) is 17.4 Å². The van der Waals surface area contributed by atoms with Gasteiger partial charge in [-0.05, 0) is 25.0 Å². The van der Waals surface area contributed by atoms with Crippen molar-refractivity contribution in [2.75, 3.05) is 18.5 Å². The molecule has 0 saturated carbocycles. The number of aromatic nitrogens is 1. The lowest BCUT2D eigenvalue weighted by atomic mass is 10.00. The maximum Gasteiger partial charge on any atom is 0.229 e. The molecule has 1 aromatic heterocycles. The quantitative estimate of drug-likeness (QED) is 0.756. The summed E-state index contributed by atoms with van der Waals surface area (Å²) < 4.78 is 5.24. The smallest absolute Gasteiger partial charge is 0.229 e. The average Bonchev–Trinajstić information content (AvgIpc) is 2.99. The molecule has 1 aliphatic heterocycles. The minimum atomic E-state index is -0.213. The molecule has 3 rings (SSSR count). The molecule has 1 saturated heterocycles. The van der Waals surface area contributed by atoms with Crippen molar-refractivity contribution in [1.82, 2.24) is 4.98 Å². The van der Waals surface area contributed by atoms with Crippen LogP contribution in [0.25, 0.3) is 11.3 Å². The number of nitrogens with zero attached hydrogens (tertiary/aromatic N) is 1. The summed E-state index contributed by atoms with van der Waals surface area (Å²) in [4.78, 5) is 16.4. The minimum absolute atomic E-state index is 0.0460. The Bertz CT molecular complexity index is 680. The highest BCUT2D eigenvalue weighted by atomic mass is 32.1. The molecule has 0 spiro atoms. The first kappa shape index (κ1) is 14.8. The van der Waals surface area contributed by atoms with E-state index < -0.39 is 0 Å². The lowest BCUT2D eigenvalue weighted by Gasteiger charge is -2.20. The van der Waals surface area contributed by atoms with Crippen LogP contribution in [0, 0.1) is 5.92 Å². The van der Waals surface area contributed by atoms with Crippen molar-refractivity contribution in [3.63, 3.8) is 0 Å².